The molecule has 6 heteroatoms. The van der Waals surface area contributed by atoms with Crippen molar-refractivity contribution in [2.24, 2.45) is 5.92 Å². The molecule has 0 unspecified atom stereocenters. The number of nitrogens with one attached hydrogen (secondary N) is 2. The maximum Gasteiger partial charge on any atom is 0.220 e. The van der Waals surface area contributed by atoms with Crippen LogP contribution in [0.15, 0.2) is 48.5 Å². The lowest BCUT2D eigenvalue weighted by Crippen LogP contribution is -2.29. The molecule has 0 aromatic heterocycles. The molecule has 1 aliphatic rings. The number of aliphatic hydroxyl groups excluding tert-OH is 1. The van der Waals surface area contributed by atoms with Gasteiger partial charge in [0.15, 0.2) is 0 Å². The lowest BCUT2D eigenvalue weighted by Gasteiger charge is -2.14. The van der Waals surface area contributed by atoms with Gasteiger partial charge in [-0.25, -0.2) is 4.39 Å². The normalized spacial score (nSPS) is 19.6. The zero-order valence-electron chi connectivity index (χ0n) is 13.7. The Hall–Kier alpha value is -2.44. The molecule has 3 N–H and O–H groups in total. The van der Waals surface area contributed by atoms with E-state index in [4.69, 9.17) is 4.74 Å². The number of benzene rings is 2. The van der Waals surface area contributed by atoms with E-state index in [1.54, 1.807) is 18.2 Å². The Morgan fingerprint density at radius 2 is 1.96 bits per heavy atom. The zero-order chi connectivity index (χ0) is 17.6. The number of hydrogen-bond donors (Lipinski definition) is 3. The number of ether oxygens (including phenoxy) is 1. The SMILES string of the molecule is O=C(C[C@@H]1CNC[C@H]1O)NCc1ccccc1Oc1ccc(F)cc1. The average molecular weight is 344 g/mol. The standard InChI is InChI=1S/C19H21FN2O3/c20-15-5-7-16(8-6-15)25-18-4-2-1-3-13(18)11-22-19(24)9-14-10-21-12-17(14)23/h1-8,14,17,21,23H,9-12H2,(H,22,24)/t14-,17-/m1/s1. The predicted molar refractivity (Wildman–Crippen MR) is 91.7 cm³/mol. The van der Waals surface area contributed by atoms with Crippen LogP contribution in [-0.4, -0.2) is 30.2 Å². The number of halogens is 1. The largest absolute Gasteiger partial charge is 0.457 e. The van der Waals surface area contributed by atoms with E-state index in [0.717, 1.165) is 5.56 Å². The molecule has 25 heavy (non-hydrogen) atoms. The fourth-order valence-corrected chi connectivity index (χ4v) is 2.81. The van der Waals surface area contributed by atoms with Crippen molar-refractivity contribution < 1.29 is 19.0 Å². The monoisotopic (exact) mass is 344 g/mol. The second-order valence-corrected chi connectivity index (χ2v) is 6.13. The second kappa shape index (κ2) is 8.09. The van der Waals surface area contributed by atoms with Crippen LogP contribution in [0.5, 0.6) is 11.5 Å². The van der Waals surface area contributed by atoms with Gasteiger partial charge in [-0.3, -0.25) is 4.79 Å². The molecule has 1 saturated heterocycles. The van der Waals surface area contributed by atoms with Crippen LogP contribution in [0.1, 0.15) is 12.0 Å². The summed E-state index contributed by atoms with van der Waals surface area (Å²) in [5.74, 6) is 0.656. The van der Waals surface area contributed by atoms with Crippen LogP contribution < -0.4 is 15.4 Å². The molecule has 1 amide bonds. The summed E-state index contributed by atoms with van der Waals surface area (Å²) < 4.78 is 18.8. The summed E-state index contributed by atoms with van der Waals surface area (Å²) in [5, 5.41) is 15.7. The van der Waals surface area contributed by atoms with E-state index in [2.05, 4.69) is 10.6 Å². The van der Waals surface area contributed by atoms with Crippen molar-refractivity contribution in [3.63, 3.8) is 0 Å². The Balaban J connectivity index is 1.59. The molecule has 0 spiro atoms. The number of carbonyl (C=O) groups is 1. The third kappa shape index (κ3) is 4.78. The van der Waals surface area contributed by atoms with Gasteiger partial charge in [-0.15, -0.1) is 0 Å². The fraction of sp³-hybridized carbons (Fsp3) is 0.316. The molecule has 1 aliphatic heterocycles. The Bertz CT molecular complexity index is 721. The Kier molecular flexibility index (Phi) is 5.63. The predicted octanol–water partition coefficient (Wildman–Crippen LogP) is 2.20. The van der Waals surface area contributed by atoms with Crippen LogP contribution in [0.3, 0.4) is 0 Å². The molecule has 2 aromatic carbocycles. The molecule has 2 atom stereocenters. The van der Waals surface area contributed by atoms with Crippen molar-refractivity contribution in [1.82, 2.24) is 10.6 Å². The Morgan fingerprint density at radius 3 is 2.68 bits per heavy atom. The van der Waals surface area contributed by atoms with Crippen molar-refractivity contribution in [3.05, 3.63) is 59.9 Å². The molecule has 3 rings (SSSR count). The molecule has 132 valence electrons. The van der Waals surface area contributed by atoms with Crippen LogP contribution in [0, 0.1) is 11.7 Å². The molecular weight excluding hydrogens is 323 g/mol. The van der Waals surface area contributed by atoms with Crippen molar-refractivity contribution in [3.8, 4) is 11.5 Å². The molecule has 5 nitrogen and oxygen atoms in total. The van der Waals surface area contributed by atoms with E-state index >= 15 is 0 Å². The Morgan fingerprint density at radius 1 is 1.20 bits per heavy atom. The number of para-hydroxylation sites is 1. The smallest absolute Gasteiger partial charge is 0.220 e. The highest BCUT2D eigenvalue weighted by atomic mass is 19.1. The number of carbonyl (C=O) groups excluding carboxylic acids is 1. The minimum Gasteiger partial charge on any atom is -0.457 e. The maximum atomic E-state index is 13.0. The summed E-state index contributed by atoms with van der Waals surface area (Å²) in [5.41, 5.74) is 0.824. The van der Waals surface area contributed by atoms with Gasteiger partial charge >= 0.3 is 0 Å². The molecule has 0 radical (unpaired) electrons. The molecule has 0 saturated carbocycles. The number of β-amino-alcohol motifs (C(OH)–C–C–N with tert-alkyl or cyclic N) is 1. The van der Waals surface area contributed by atoms with Crippen LogP contribution in [-0.2, 0) is 11.3 Å². The average Bonchev–Trinajstić information content (AvgIpc) is 3.01. The lowest BCUT2D eigenvalue weighted by atomic mass is 10.0. The minimum atomic E-state index is -0.472. The highest BCUT2D eigenvalue weighted by Crippen LogP contribution is 2.25. The van der Waals surface area contributed by atoms with Gasteiger partial charge in [0, 0.05) is 37.5 Å². The molecule has 0 aliphatic carbocycles. The van der Waals surface area contributed by atoms with Gasteiger partial charge in [0.05, 0.1) is 6.10 Å². The van der Waals surface area contributed by atoms with E-state index in [1.165, 1.54) is 12.1 Å². The summed E-state index contributed by atoms with van der Waals surface area (Å²) in [6.45, 7) is 1.51. The summed E-state index contributed by atoms with van der Waals surface area (Å²) in [6.07, 6.45) is -0.186. The van der Waals surface area contributed by atoms with E-state index in [0.29, 0.717) is 31.1 Å². The highest BCUT2D eigenvalue weighted by Gasteiger charge is 2.26. The maximum absolute atomic E-state index is 13.0. The van der Waals surface area contributed by atoms with E-state index < -0.39 is 6.10 Å². The first-order chi connectivity index (χ1) is 12.1. The first-order valence-electron chi connectivity index (χ1n) is 8.28. The molecule has 1 heterocycles. The second-order valence-electron chi connectivity index (χ2n) is 6.13. The Labute approximate surface area is 145 Å². The molecular formula is C19H21FN2O3. The number of amides is 1. The summed E-state index contributed by atoms with van der Waals surface area (Å²) in [7, 11) is 0. The van der Waals surface area contributed by atoms with Gasteiger partial charge in [0.1, 0.15) is 17.3 Å². The quantitative estimate of drug-likeness (QED) is 0.751. The number of rotatable bonds is 6. The molecule has 0 bridgehead atoms. The fourth-order valence-electron chi connectivity index (χ4n) is 2.81. The van der Waals surface area contributed by atoms with Gasteiger partial charge in [-0.05, 0) is 30.3 Å². The zero-order valence-corrected chi connectivity index (χ0v) is 13.7. The van der Waals surface area contributed by atoms with Gasteiger partial charge in [0.25, 0.3) is 0 Å². The van der Waals surface area contributed by atoms with Crippen LogP contribution in [0.4, 0.5) is 4.39 Å². The van der Waals surface area contributed by atoms with Crippen LogP contribution in [0.2, 0.25) is 0 Å². The first-order valence-corrected chi connectivity index (χ1v) is 8.28. The minimum absolute atomic E-state index is 0.0503. The third-order valence-corrected chi connectivity index (χ3v) is 4.24. The van der Waals surface area contributed by atoms with Crippen molar-refractivity contribution in [2.45, 2.75) is 19.1 Å². The third-order valence-electron chi connectivity index (χ3n) is 4.24. The first kappa shape index (κ1) is 17.4. The molecule has 2 aromatic rings. The van der Waals surface area contributed by atoms with E-state index in [-0.39, 0.29) is 24.1 Å². The van der Waals surface area contributed by atoms with Gasteiger partial charge in [-0.2, -0.15) is 0 Å². The van der Waals surface area contributed by atoms with Gasteiger partial charge in [0.2, 0.25) is 5.91 Å². The van der Waals surface area contributed by atoms with Gasteiger partial charge < -0.3 is 20.5 Å². The number of hydrogen-bond acceptors (Lipinski definition) is 4. The topological polar surface area (TPSA) is 70.6 Å². The molecule has 1 fully saturated rings. The van der Waals surface area contributed by atoms with E-state index in [1.807, 2.05) is 18.2 Å². The summed E-state index contributed by atoms with van der Waals surface area (Å²) >= 11 is 0. The summed E-state index contributed by atoms with van der Waals surface area (Å²) in [4.78, 5) is 12.1. The van der Waals surface area contributed by atoms with Gasteiger partial charge in [-0.1, -0.05) is 18.2 Å². The van der Waals surface area contributed by atoms with Crippen molar-refractivity contribution in [1.29, 1.82) is 0 Å². The lowest BCUT2D eigenvalue weighted by molar-refractivity contribution is -0.122. The highest BCUT2D eigenvalue weighted by molar-refractivity contribution is 5.76. The number of aliphatic hydroxyl groups is 1. The van der Waals surface area contributed by atoms with E-state index in [9.17, 15) is 14.3 Å². The van der Waals surface area contributed by atoms with Crippen molar-refractivity contribution >= 4 is 5.91 Å². The summed E-state index contributed by atoms with van der Waals surface area (Å²) in [6, 6.07) is 13.1. The van der Waals surface area contributed by atoms with Crippen molar-refractivity contribution in [2.75, 3.05) is 13.1 Å². The van der Waals surface area contributed by atoms with Crippen LogP contribution in [0.25, 0.3) is 0 Å². The van der Waals surface area contributed by atoms with Crippen LogP contribution >= 0.6 is 0 Å².